The maximum absolute atomic E-state index is 12.1. The molecule has 2 aromatic heterocycles. The molecule has 2 N–H and O–H groups in total. The van der Waals surface area contributed by atoms with Gasteiger partial charge in [0.2, 0.25) is 0 Å². The molecule has 0 aliphatic rings. The lowest BCUT2D eigenvalue weighted by Crippen LogP contribution is -2.15. The Labute approximate surface area is 122 Å². The predicted octanol–water partition coefficient (Wildman–Crippen LogP) is 3.20. The van der Waals surface area contributed by atoms with Gasteiger partial charge in [-0.1, -0.05) is 24.6 Å². The van der Waals surface area contributed by atoms with E-state index in [1.807, 2.05) is 6.07 Å². The zero-order valence-corrected chi connectivity index (χ0v) is 11.8. The number of anilines is 2. The highest BCUT2D eigenvalue weighted by Gasteiger charge is 2.09. The highest BCUT2D eigenvalue weighted by Crippen LogP contribution is 2.11. The van der Waals surface area contributed by atoms with E-state index in [0.29, 0.717) is 22.4 Å². The second-order valence-electron chi connectivity index (χ2n) is 4.15. The van der Waals surface area contributed by atoms with E-state index < -0.39 is 0 Å². The van der Waals surface area contributed by atoms with E-state index in [2.05, 4.69) is 27.5 Å². The van der Waals surface area contributed by atoms with Gasteiger partial charge in [0.05, 0.1) is 5.02 Å². The number of nitrogens with one attached hydrogen (secondary N) is 2. The predicted molar refractivity (Wildman–Crippen MR) is 80.2 cm³/mol. The summed E-state index contributed by atoms with van der Waals surface area (Å²) < 4.78 is 0. The first kappa shape index (κ1) is 14.3. The molecule has 5 nitrogen and oxygen atoms in total. The van der Waals surface area contributed by atoms with Crippen molar-refractivity contribution in [2.45, 2.75) is 13.3 Å². The maximum Gasteiger partial charge on any atom is 0.275 e. The average molecular weight is 291 g/mol. The molecular weight excluding hydrogens is 276 g/mol. The number of pyridine rings is 2. The molecule has 0 aliphatic carbocycles. The van der Waals surface area contributed by atoms with Gasteiger partial charge in [0.15, 0.2) is 0 Å². The molecule has 0 spiro atoms. The normalized spacial score (nSPS) is 10.1. The average Bonchev–Trinajstić information content (AvgIpc) is 2.48. The molecular formula is C14H15ClN4O. The van der Waals surface area contributed by atoms with Gasteiger partial charge in [-0.25, -0.2) is 9.97 Å². The Hall–Kier alpha value is -2.14. The molecule has 104 valence electrons. The topological polar surface area (TPSA) is 66.9 Å². The standard InChI is InChI=1S/C14H15ClN4O/c1-2-8-16-12-5-3-4-11(18-12)14(20)19-13-7-6-10(15)9-17-13/h3-7,9H,2,8H2,1H3,(H,16,18)(H,17,19,20). The molecule has 0 aromatic carbocycles. The number of aromatic nitrogens is 2. The van der Waals surface area contributed by atoms with Crippen LogP contribution in [0.25, 0.3) is 0 Å². The number of amides is 1. The van der Waals surface area contributed by atoms with E-state index >= 15 is 0 Å². The van der Waals surface area contributed by atoms with Crippen molar-refractivity contribution >= 4 is 29.1 Å². The fourth-order valence-corrected chi connectivity index (χ4v) is 1.65. The second-order valence-corrected chi connectivity index (χ2v) is 4.59. The molecule has 0 unspecified atom stereocenters. The molecule has 2 rings (SSSR count). The Morgan fingerprint density at radius 3 is 2.80 bits per heavy atom. The maximum atomic E-state index is 12.1. The number of rotatable bonds is 5. The Morgan fingerprint density at radius 1 is 1.25 bits per heavy atom. The molecule has 0 fully saturated rings. The van der Waals surface area contributed by atoms with Gasteiger partial charge in [0.25, 0.3) is 5.91 Å². The van der Waals surface area contributed by atoms with Crippen LogP contribution in [0.15, 0.2) is 36.5 Å². The van der Waals surface area contributed by atoms with E-state index in [-0.39, 0.29) is 5.91 Å². The lowest BCUT2D eigenvalue weighted by molar-refractivity contribution is 0.102. The summed E-state index contributed by atoms with van der Waals surface area (Å²) in [6.45, 7) is 2.88. The Morgan fingerprint density at radius 2 is 2.10 bits per heavy atom. The molecule has 0 radical (unpaired) electrons. The van der Waals surface area contributed by atoms with Gasteiger partial charge in [-0.05, 0) is 30.7 Å². The van der Waals surface area contributed by atoms with Gasteiger partial charge < -0.3 is 10.6 Å². The van der Waals surface area contributed by atoms with Crippen molar-refractivity contribution in [1.29, 1.82) is 0 Å². The van der Waals surface area contributed by atoms with Gasteiger partial charge in [0, 0.05) is 12.7 Å². The van der Waals surface area contributed by atoms with Crippen LogP contribution in [0, 0.1) is 0 Å². The summed E-state index contributed by atoms with van der Waals surface area (Å²) in [6.07, 6.45) is 2.47. The van der Waals surface area contributed by atoms with E-state index in [4.69, 9.17) is 11.6 Å². The monoisotopic (exact) mass is 290 g/mol. The molecule has 20 heavy (non-hydrogen) atoms. The van der Waals surface area contributed by atoms with Crippen molar-refractivity contribution in [2.24, 2.45) is 0 Å². The van der Waals surface area contributed by atoms with Crippen molar-refractivity contribution in [3.05, 3.63) is 47.2 Å². The number of hydrogen-bond donors (Lipinski definition) is 2. The third-order valence-electron chi connectivity index (χ3n) is 2.51. The van der Waals surface area contributed by atoms with Crippen LogP contribution in [-0.2, 0) is 0 Å². The van der Waals surface area contributed by atoms with Crippen LogP contribution in [0.4, 0.5) is 11.6 Å². The largest absolute Gasteiger partial charge is 0.370 e. The summed E-state index contributed by atoms with van der Waals surface area (Å²) in [5, 5.41) is 6.33. The molecule has 1 amide bonds. The van der Waals surface area contributed by atoms with Crippen LogP contribution < -0.4 is 10.6 Å². The summed E-state index contributed by atoms with van der Waals surface area (Å²) >= 11 is 5.74. The van der Waals surface area contributed by atoms with Crippen LogP contribution in [0.5, 0.6) is 0 Å². The van der Waals surface area contributed by atoms with Crippen LogP contribution in [0.2, 0.25) is 5.02 Å². The van der Waals surface area contributed by atoms with Crippen LogP contribution in [0.1, 0.15) is 23.8 Å². The van der Waals surface area contributed by atoms with Gasteiger partial charge in [-0.15, -0.1) is 0 Å². The summed E-state index contributed by atoms with van der Waals surface area (Å²) in [6, 6.07) is 8.57. The lowest BCUT2D eigenvalue weighted by atomic mass is 10.3. The van der Waals surface area contributed by atoms with E-state index in [1.54, 1.807) is 24.3 Å². The lowest BCUT2D eigenvalue weighted by Gasteiger charge is -2.07. The summed E-state index contributed by atoms with van der Waals surface area (Å²) in [5.74, 6) is 0.816. The first-order valence-corrected chi connectivity index (χ1v) is 6.70. The highest BCUT2D eigenvalue weighted by atomic mass is 35.5. The Kier molecular flexibility index (Phi) is 4.90. The Balaban J connectivity index is 2.06. The first-order valence-electron chi connectivity index (χ1n) is 6.33. The zero-order valence-electron chi connectivity index (χ0n) is 11.1. The van der Waals surface area contributed by atoms with Gasteiger partial charge in [-0.3, -0.25) is 4.79 Å². The van der Waals surface area contributed by atoms with Crippen LogP contribution in [-0.4, -0.2) is 22.4 Å². The molecule has 0 atom stereocenters. The summed E-state index contributed by atoms with van der Waals surface area (Å²) in [7, 11) is 0. The minimum Gasteiger partial charge on any atom is -0.370 e. The third-order valence-corrected chi connectivity index (χ3v) is 2.73. The zero-order chi connectivity index (χ0) is 14.4. The SMILES string of the molecule is CCCNc1cccc(C(=O)Nc2ccc(Cl)cn2)n1. The molecule has 0 aliphatic heterocycles. The summed E-state index contributed by atoms with van der Waals surface area (Å²) in [4.78, 5) is 20.3. The fraction of sp³-hybridized carbons (Fsp3) is 0.214. The number of hydrogen-bond acceptors (Lipinski definition) is 4. The number of halogens is 1. The van der Waals surface area contributed by atoms with Gasteiger partial charge >= 0.3 is 0 Å². The first-order chi connectivity index (χ1) is 9.69. The summed E-state index contributed by atoms with van der Waals surface area (Å²) in [5.41, 5.74) is 0.336. The molecule has 2 aromatic rings. The number of carbonyl (C=O) groups is 1. The van der Waals surface area contributed by atoms with Gasteiger partial charge in [-0.2, -0.15) is 0 Å². The number of nitrogens with zero attached hydrogens (tertiary/aromatic N) is 2. The van der Waals surface area contributed by atoms with Crippen LogP contribution in [0.3, 0.4) is 0 Å². The van der Waals surface area contributed by atoms with Crippen LogP contribution >= 0.6 is 11.6 Å². The molecule has 0 saturated heterocycles. The van der Waals surface area contributed by atoms with Crippen molar-refractivity contribution in [3.63, 3.8) is 0 Å². The number of carbonyl (C=O) groups excluding carboxylic acids is 1. The quantitative estimate of drug-likeness (QED) is 0.887. The minimum atomic E-state index is -0.306. The highest BCUT2D eigenvalue weighted by molar-refractivity contribution is 6.30. The fourth-order valence-electron chi connectivity index (χ4n) is 1.54. The van der Waals surface area contributed by atoms with E-state index in [1.165, 1.54) is 6.20 Å². The molecule has 2 heterocycles. The third kappa shape index (κ3) is 3.93. The van der Waals surface area contributed by atoms with E-state index in [9.17, 15) is 4.79 Å². The minimum absolute atomic E-state index is 0.306. The van der Waals surface area contributed by atoms with Crippen molar-refractivity contribution < 1.29 is 4.79 Å². The van der Waals surface area contributed by atoms with Crippen molar-refractivity contribution in [3.8, 4) is 0 Å². The molecule has 0 bridgehead atoms. The molecule has 6 heteroatoms. The van der Waals surface area contributed by atoms with E-state index in [0.717, 1.165) is 13.0 Å². The Bertz CT molecular complexity index is 586. The molecule has 0 saturated carbocycles. The van der Waals surface area contributed by atoms with Crippen molar-refractivity contribution in [1.82, 2.24) is 9.97 Å². The van der Waals surface area contributed by atoms with Crippen molar-refractivity contribution in [2.75, 3.05) is 17.2 Å². The smallest absolute Gasteiger partial charge is 0.275 e. The second kappa shape index (κ2) is 6.86. The van der Waals surface area contributed by atoms with Gasteiger partial charge in [0.1, 0.15) is 17.3 Å².